The normalized spacial score (nSPS) is 13.4. The summed E-state index contributed by atoms with van der Waals surface area (Å²) in [5.74, 6) is -0.707. The van der Waals surface area contributed by atoms with E-state index in [4.69, 9.17) is 0 Å². The lowest BCUT2D eigenvalue weighted by atomic mass is 10.1. The Morgan fingerprint density at radius 2 is 2.08 bits per heavy atom. The fourth-order valence-electron chi connectivity index (χ4n) is 2.52. The standard InChI is InChI=1S/C15H11F4N7/c1-7(15(17,18)19)24-14-21-4-10-9(3-20-12(10)25-14)8-2-11(16)13-22-6-23-26(13)5-8/h2-7H,1H3,(H2,20,21,24,25)/t7-/m0/s1. The molecule has 0 radical (unpaired) electrons. The van der Waals surface area contributed by atoms with Gasteiger partial charge in [0.1, 0.15) is 18.0 Å². The van der Waals surface area contributed by atoms with Gasteiger partial charge in [-0.25, -0.2) is 18.9 Å². The number of H-pyrrole nitrogens is 1. The smallest absolute Gasteiger partial charge is 0.345 e. The van der Waals surface area contributed by atoms with Gasteiger partial charge in [0.05, 0.1) is 0 Å². The molecule has 4 heterocycles. The molecule has 0 spiro atoms. The molecule has 1 atom stereocenters. The van der Waals surface area contributed by atoms with E-state index in [9.17, 15) is 17.6 Å². The maximum atomic E-state index is 14.1. The number of pyridine rings is 1. The number of alkyl halides is 3. The Morgan fingerprint density at radius 3 is 2.85 bits per heavy atom. The number of aromatic amines is 1. The third kappa shape index (κ3) is 2.70. The zero-order chi connectivity index (χ0) is 18.5. The lowest BCUT2D eigenvalue weighted by Gasteiger charge is -2.16. The number of nitrogens with zero attached hydrogens (tertiary/aromatic N) is 5. The molecule has 134 valence electrons. The molecule has 0 aromatic carbocycles. The molecule has 4 aromatic heterocycles. The van der Waals surface area contributed by atoms with Crippen LogP contribution in [0, 0.1) is 5.82 Å². The van der Waals surface area contributed by atoms with Gasteiger partial charge >= 0.3 is 6.18 Å². The second-order valence-corrected chi connectivity index (χ2v) is 5.67. The summed E-state index contributed by atoms with van der Waals surface area (Å²) in [7, 11) is 0. The Kier molecular flexibility index (Phi) is 3.53. The van der Waals surface area contributed by atoms with Crippen molar-refractivity contribution in [1.29, 1.82) is 0 Å². The van der Waals surface area contributed by atoms with E-state index in [2.05, 4.69) is 30.4 Å². The molecule has 0 saturated carbocycles. The zero-order valence-electron chi connectivity index (χ0n) is 13.2. The van der Waals surface area contributed by atoms with Gasteiger partial charge in [0.15, 0.2) is 11.5 Å². The Hall–Kier alpha value is -3.24. The third-order valence-corrected chi connectivity index (χ3v) is 3.91. The van der Waals surface area contributed by atoms with Crippen molar-refractivity contribution in [2.24, 2.45) is 0 Å². The fourth-order valence-corrected chi connectivity index (χ4v) is 2.52. The van der Waals surface area contributed by atoms with E-state index >= 15 is 0 Å². The maximum Gasteiger partial charge on any atom is 0.408 e. The molecule has 0 unspecified atom stereocenters. The highest BCUT2D eigenvalue weighted by atomic mass is 19.4. The molecule has 0 bridgehead atoms. The van der Waals surface area contributed by atoms with Gasteiger partial charge in [-0.05, 0) is 13.0 Å². The second-order valence-electron chi connectivity index (χ2n) is 5.67. The molecule has 11 heteroatoms. The largest absolute Gasteiger partial charge is 0.408 e. The molecule has 0 saturated heterocycles. The van der Waals surface area contributed by atoms with Crippen LogP contribution < -0.4 is 5.32 Å². The molecule has 2 N–H and O–H groups in total. The summed E-state index contributed by atoms with van der Waals surface area (Å²) in [6.07, 6.45) is 1.37. The van der Waals surface area contributed by atoms with Gasteiger partial charge in [0, 0.05) is 35.1 Å². The quantitative estimate of drug-likeness (QED) is 0.545. The summed E-state index contributed by atoms with van der Waals surface area (Å²) in [4.78, 5) is 14.6. The number of rotatable bonds is 3. The van der Waals surface area contributed by atoms with Crippen LogP contribution in [-0.4, -0.2) is 41.8 Å². The fraction of sp³-hybridized carbons (Fsp3) is 0.200. The first-order valence-electron chi connectivity index (χ1n) is 7.49. The number of hydrogen-bond acceptors (Lipinski definition) is 5. The lowest BCUT2D eigenvalue weighted by molar-refractivity contribution is -0.138. The van der Waals surface area contributed by atoms with Gasteiger partial charge in [-0.2, -0.15) is 23.3 Å². The number of fused-ring (bicyclic) bond motifs is 2. The van der Waals surface area contributed by atoms with Crippen molar-refractivity contribution in [1.82, 2.24) is 29.5 Å². The number of aromatic nitrogens is 6. The summed E-state index contributed by atoms with van der Waals surface area (Å²) in [6.45, 7) is 0.976. The van der Waals surface area contributed by atoms with Crippen LogP contribution in [0.15, 0.2) is 31.0 Å². The number of nitrogens with one attached hydrogen (secondary N) is 2. The van der Waals surface area contributed by atoms with Crippen molar-refractivity contribution >= 4 is 22.6 Å². The van der Waals surface area contributed by atoms with E-state index in [1.54, 1.807) is 12.4 Å². The minimum absolute atomic E-state index is 0.0949. The summed E-state index contributed by atoms with van der Waals surface area (Å²) in [6, 6.07) is -0.497. The molecule has 0 aliphatic heterocycles. The Labute approximate surface area is 143 Å². The molecule has 0 aliphatic rings. The average Bonchev–Trinajstić information content (AvgIpc) is 3.20. The molecule has 0 fully saturated rings. The average molecular weight is 365 g/mol. The first-order valence-corrected chi connectivity index (χ1v) is 7.49. The van der Waals surface area contributed by atoms with E-state index in [1.807, 2.05) is 0 Å². The van der Waals surface area contributed by atoms with Crippen LogP contribution in [0.5, 0.6) is 0 Å². The van der Waals surface area contributed by atoms with Gasteiger partial charge < -0.3 is 10.3 Å². The molecular formula is C15H11F4N7. The molecular weight excluding hydrogens is 354 g/mol. The zero-order valence-corrected chi connectivity index (χ0v) is 13.2. The predicted molar refractivity (Wildman–Crippen MR) is 85.0 cm³/mol. The molecule has 0 amide bonds. The van der Waals surface area contributed by atoms with Gasteiger partial charge in [-0.1, -0.05) is 0 Å². The molecule has 26 heavy (non-hydrogen) atoms. The van der Waals surface area contributed by atoms with Crippen molar-refractivity contribution in [3.63, 3.8) is 0 Å². The van der Waals surface area contributed by atoms with Crippen molar-refractivity contribution in [2.75, 3.05) is 5.32 Å². The van der Waals surface area contributed by atoms with Crippen LogP contribution in [0.1, 0.15) is 6.92 Å². The minimum Gasteiger partial charge on any atom is -0.345 e. The maximum absolute atomic E-state index is 14.1. The summed E-state index contributed by atoms with van der Waals surface area (Å²) in [5.41, 5.74) is 1.51. The van der Waals surface area contributed by atoms with Gasteiger partial charge in [-0.15, -0.1) is 0 Å². The van der Waals surface area contributed by atoms with Gasteiger partial charge in [0.25, 0.3) is 0 Å². The van der Waals surface area contributed by atoms with Crippen LogP contribution in [-0.2, 0) is 0 Å². The van der Waals surface area contributed by atoms with Crippen LogP contribution >= 0.6 is 0 Å². The van der Waals surface area contributed by atoms with Crippen LogP contribution in [0.2, 0.25) is 0 Å². The highest BCUT2D eigenvalue weighted by Crippen LogP contribution is 2.29. The van der Waals surface area contributed by atoms with E-state index < -0.39 is 18.0 Å². The van der Waals surface area contributed by atoms with Gasteiger partial charge in [0.2, 0.25) is 5.95 Å². The monoisotopic (exact) mass is 365 g/mol. The summed E-state index contributed by atoms with van der Waals surface area (Å²) < 4.78 is 53.3. The van der Waals surface area contributed by atoms with Crippen LogP contribution in [0.4, 0.5) is 23.5 Å². The minimum atomic E-state index is -4.41. The van der Waals surface area contributed by atoms with Crippen molar-refractivity contribution in [3.05, 3.63) is 36.8 Å². The van der Waals surface area contributed by atoms with E-state index in [0.29, 0.717) is 22.2 Å². The Bertz CT molecular complexity index is 1100. The Balaban J connectivity index is 1.73. The SMILES string of the molecule is C[C@H](Nc1ncc2c(-c3cc(F)c4ncnn4c3)c[nH]c2n1)C(F)(F)F. The van der Waals surface area contributed by atoms with Crippen molar-refractivity contribution in [3.8, 4) is 11.1 Å². The number of hydrogen-bond donors (Lipinski definition) is 2. The molecule has 7 nitrogen and oxygen atoms in total. The van der Waals surface area contributed by atoms with Gasteiger partial charge in [-0.3, -0.25) is 0 Å². The molecule has 4 aromatic rings. The summed E-state index contributed by atoms with van der Waals surface area (Å²) >= 11 is 0. The van der Waals surface area contributed by atoms with E-state index in [0.717, 1.165) is 6.92 Å². The van der Waals surface area contributed by atoms with Crippen LogP contribution in [0.25, 0.3) is 27.8 Å². The van der Waals surface area contributed by atoms with Crippen LogP contribution in [0.3, 0.4) is 0 Å². The predicted octanol–water partition coefficient (Wildman–Crippen LogP) is 3.17. The molecule has 4 rings (SSSR count). The highest BCUT2D eigenvalue weighted by molar-refractivity contribution is 5.93. The second kappa shape index (κ2) is 5.64. The number of anilines is 1. The topological polar surface area (TPSA) is 83.8 Å². The van der Waals surface area contributed by atoms with Crippen molar-refractivity contribution < 1.29 is 17.6 Å². The highest BCUT2D eigenvalue weighted by Gasteiger charge is 2.36. The van der Waals surface area contributed by atoms with Crippen molar-refractivity contribution in [2.45, 2.75) is 19.1 Å². The first kappa shape index (κ1) is 16.2. The molecule has 0 aliphatic carbocycles. The van der Waals surface area contributed by atoms with E-state index in [-0.39, 0.29) is 11.6 Å². The summed E-state index contributed by atoms with van der Waals surface area (Å²) in [5, 5.41) is 6.65. The first-order chi connectivity index (χ1) is 12.3. The lowest BCUT2D eigenvalue weighted by Crippen LogP contribution is -2.33. The van der Waals surface area contributed by atoms with E-state index in [1.165, 1.54) is 23.1 Å². The number of halogens is 4. The third-order valence-electron chi connectivity index (χ3n) is 3.91. The Morgan fingerprint density at radius 1 is 1.27 bits per heavy atom.